The quantitative estimate of drug-likeness (QED) is 0.210. The van der Waals surface area contributed by atoms with Gasteiger partial charge in [-0.25, -0.2) is 4.79 Å². The van der Waals surface area contributed by atoms with E-state index in [1.165, 1.54) is 51.4 Å². The van der Waals surface area contributed by atoms with Gasteiger partial charge in [-0.15, -0.1) is 0 Å². The molecule has 0 heterocycles. The third-order valence-electron chi connectivity index (χ3n) is 3.79. The van der Waals surface area contributed by atoms with E-state index >= 15 is 0 Å². The fourth-order valence-electron chi connectivity index (χ4n) is 2.23. The summed E-state index contributed by atoms with van der Waals surface area (Å²) in [7, 11) is -1.12. The molecule has 0 aliphatic carbocycles. The highest BCUT2D eigenvalue weighted by molar-refractivity contribution is 6.76. The average molecular weight is 331 g/mol. The van der Waals surface area contributed by atoms with E-state index in [0.29, 0.717) is 13.2 Å². The molecule has 0 saturated carbocycles. The molecule has 0 fully saturated rings. The fourth-order valence-corrected chi connectivity index (χ4v) is 2.94. The van der Waals surface area contributed by atoms with Gasteiger partial charge in [0.15, 0.2) is 0 Å². The van der Waals surface area contributed by atoms with Crippen molar-refractivity contribution in [2.45, 2.75) is 96.8 Å². The van der Waals surface area contributed by atoms with Crippen LogP contribution < -0.4 is 0 Å². The highest BCUT2D eigenvalue weighted by atomic mass is 28.3. The molecular weight excluding hydrogens is 292 g/mol. The van der Waals surface area contributed by atoms with Gasteiger partial charge in [0, 0.05) is 8.07 Å². The largest absolute Gasteiger partial charge is 0.508 e. The van der Waals surface area contributed by atoms with Crippen LogP contribution in [0.4, 0.5) is 4.79 Å². The van der Waals surface area contributed by atoms with Crippen LogP contribution in [0.1, 0.15) is 71.1 Å². The molecular formula is C18H38O3Si. The van der Waals surface area contributed by atoms with Crippen molar-refractivity contribution < 1.29 is 14.3 Å². The number of carbonyl (C=O) groups is 1. The number of ether oxygens (including phenoxy) is 2. The van der Waals surface area contributed by atoms with E-state index in [9.17, 15) is 4.79 Å². The van der Waals surface area contributed by atoms with Gasteiger partial charge in [0.05, 0.1) is 13.2 Å². The van der Waals surface area contributed by atoms with E-state index in [2.05, 4.69) is 26.6 Å². The zero-order chi connectivity index (χ0) is 16.7. The van der Waals surface area contributed by atoms with Crippen molar-refractivity contribution in [1.82, 2.24) is 0 Å². The number of rotatable bonds is 14. The van der Waals surface area contributed by atoms with Crippen molar-refractivity contribution in [3.63, 3.8) is 0 Å². The first-order valence-electron chi connectivity index (χ1n) is 9.25. The van der Waals surface area contributed by atoms with Crippen LogP contribution in [0.2, 0.25) is 25.7 Å². The van der Waals surface area contributed by atoms with E-state index in [-0.39, 0.29) is 0 Å². The fraction of sp³-hybridized carbons (Fsp3) is 0.944. The summed E-state index contributed by atoms with van der Waals surface area (Å²) in [5, 5.41) is 0. The highest BCUT2D eigenvalue weighted by Gasteiger charge is 2.14. The van der Waals surface area contributed by atoms with E-state index < -0.39 is 14.2 Å². The smallest absolute Gasteiger partial charge is 0.435 e. The van der Waals surface area contributed by atoms with E-state index in [0.717, 1.165) is 18.9 Å². The molecule has 0 atom stereocenters. The Morgan fingerprint density at radius 2 is 1.18 bits per heavy atom. The van der Waals surface area contributed by atoms with Gasteiger partial charge in [-0.05, 0) is 12.5 Å². The molecule has 0 aliphatic rings. The van der Waals surface area contributed by atoms with Crippen LogP contribution in [0, 0.1) is 0 Å². The summed E-state index contributed by atoms with van der Waals surface area (Å²) in [4.78, 5) is 11.4. The van der Waals surface area contributed by atoms with Crippen LogP contribution in [-0.4, -0.2) is 27.4 Å². The minimum atomic E-state index is -1.12. The average Bonchev–Trinajstić information content (AvgIpc) is 2.43. The molecule has 3 nitrogen and oxygen atoms in total. The SMILES string of the molecule is CCCCCCCCCCCCOC(=O)OCC[Si](C)(C)C. The molecule has 0 aromatic carbocycles. The monoisotopic (exact) mass is 330 g/mol. The minimum Gasteiger partial charge on any atom is -0.435 e. The highest BCUT2D eigenvalue weighted by Crippen LogP contribution is 2.11. The summed E-state index contributed by atoms with van der Waals surface area (Å²) in [6.45, 7) is 10.1. The molecule has 22 heavy (non-hydrogen) atoms. The van der Waals surface area contributed by atoms with Gasteiger partial charge in [0.1, 0.15) is 0 Å². The Morgan fingerprint density at radius 3 is 1.68 bits per heavy atom. The van der Waals surface area contributed by atoms with Gasteiger partial charge in [0.2, 0.25) is 0 Å². The first-order chi connectivity index (χ1) is 10.5. The Hall–Kier alpha value is -0.513. The zero-order valence-corrected chi connectivity index (χ0v) is 16.4. The second kappa shape index (κ2) is 14.1. The molecule has 4 heteroatoms. The maximum Gasteiger partial charge on any atom is 0.508 e. The van der Waals surface area contributed by atoms with Crippen molar-refractivity contribution in [3.05, 3.63) is 0 Å². The zero-order valence-electron chi connectivity index (χ0n) is 15.4. The van der Waals surface area contributed by atoms with Gasteiger partial charge in [-0.1, -0.05) is 84.4 Å². The van der Waals surface area contributed by atoms with Crippen LogP contribution in [0.15, 0.2) is 0 Å². The third-order valence-corrected chi connectivity index (χ3v) is 5.49. The molecule has 0 saturated heterocycles. The predicted molar refractivity (Wildman–Crippen MR) is 97.3 cm³/mol. The maximum atomic E-state index is 11.4. The Balaban J connectivity index is 3.20. The molecule has 0 amide bonds. The first kappa shape index (κ1) is 21.5. The molecule has 0 radical (unpaired) electrons. The van der Waals surface area contributed by atoms with Crippen LogP contribution in [0.3, 0.4) is 0 Å². The minimum absolute atomic E-state index is 0.492. The molecule has 0 rings (SSSR count). The molecule has 0 bridgehead atoms. The normalized spacial score (nSPS) is 11.5. The Morgan fingerprint density at radius 1 is 0.727 bits per heavy atom. The van der Waals surface area contributed by atoms with Crippen molar-refractivity contribution in [2.24, 2.45) is 0 Å². The molecule has 0 aromatic heterocycles. The van der Waals surface area contributed by atoms with Crippen molar-refractivity contribution in [2.75, 3.05) is 13.2 Å². The van der Waals surface area contributed by atoms with Gasteiger partial charge < -0.3 is 9.47 Å². The van der Waals surface area contributed by atoms with E-state index in [1.54, 1.807) is 0 Å². The molecule has 0 N–H and O–H groups in total. The standard InChI is InChI=1S/C18H38O3Si/c1-5-6-7-8-9-10-11-12-13-14-15-20-18(19)21-16-17-22(2,3)4/h5-17H2,1-4H3. The summed E-state index contributed by atoms with van der Waals surface area (Å²) in [6.07, 6.45) is 12.4. The summed E-state index contributed by atoms with van der Waals surface area (Å²) in [5.41, 5.74) is 0. The molecule has 0 spiro atoms. The second-order valence-corrected chi connectivity index (χ2v) is 13.1. The number of unbranched alkanes of at least 4 members (excludes halogenated alkanes) is 9. The molecule has 132 valence electrons. The van der Waals surface area contributed by atoms with Gasteiger partial charge in [-0.3, -0.25) is 0 Å². The molecule has 0 aliphatic heterocycles. The van der Waals surface area contributed by atoms with Crippen LogP contribution in [-0.2, 0) is 9.47 Å². The van der Waals surface area contributed by atoms with Crippen LogP contribution >= 0.6 is 0 Å². The summed E-state index contributed by atoms with van der Waals surface area (Å²) >= 11 is 0. The van der Waals surface area contributed by atoms with Crippen molar-refractivity contribution in [1.29, 1.82) is 0 Å². The van der Waals surface area contributed by atoms with Crippen LogP contribution in [0.5, 0.6) is 0 Å². The Labute approximate surface area is 139 Å². The Bertz CT molecular complexity index is 262. The number of hydrogen-bond donors (Lipinski definition) is 0. The molecule has 0 aromatic rings. The molecule has 0 unspecified atom stereocenters. The van der Waals surface area contributed by atoms with Gasteiger partial charge in [0.25, 0.3) is 0 Å². The predicted octanol–water partition coefficient (Wildman–Crippen LogP) is 6.40. The maximum absolute atomic E-state index is 11.4. The lowest BCUT2D eigenvalue weighted by Crippen LogP contribution is -2.23. The second-order valence-electron chi connectivity index (χ2n) is 7.44. The lowest BCUT2D eigenvalue weighted by atomic mass is 10.1. The van der Waals surface area contributed by atoms with Gasteiger partial charge >= 0.3 is 6.16 Å². The van der Waals surface area contributed by atoms with Crippen molar-refractivity contribution >= 4 is 14.2 Å². The number of hydrogen-bond acceptors (Lipinski definition) is 3. The van der Waals surface area contributed by atoms with E-state index in [1.807, 2.05) is 0 Å². The first-order valence-corrected chi connectivity index (χ1v) is 13.0. The van der Waals surface area contributed by atoms with Gasteiger partial charge in [-0.2, -0.15) is 0 Å². The third kappa shape index (κ3) is 17.5. The van der Waals surface area contributed by atoms with Crippen molar-refractivity contribution in [3.8, 4) is 0 Å². The summed E-state index contributed by atoms with van der Waals surface area (Å²) in [5.74, 6) is 0. The Kier molecular flexibility index (Phi) is 13.8. The summed E-state index contributed by atoms with van der Waals surface area (Å²) < 4.78 is 10.2. The van der Waals surface area contributed by atoms with E-state index in [4.69, 9.17) is 9.47 Å². The lowest BCUT2D eigenvalue weighted by Gasteiger charge is -2.15. The topological polar surface area (TPSA) is 35.5 Å². The van der Waals surface area contributed by atoms with Crippen LogP contribution in [0.25, 0.3) is 0 Å². The lowest BCUT2D eigenvalue weighted by molar-refractivity contribution is 0.0576. The summed E-state index contributed by atoms with van der Waals surface area (Å²) in [6, 6.07) is 1.00. The number of carbonyl (C=O) groups excluding carboxylic acids is 1.